The number of aromatic nitrogens is 2. The number of halogens is 3. The second kappa shape index (κ2) is 6.99. The van der Waals surface area contributed by atoms with Crippen LogP contribution in [0.3, 0.4) is 0 Å². The van der Waals surface area contributed by atoms with Gasteiger partial charge in [-0.15, -0.1) is 0 Å². The summed E-state index contributed by atoms with van der Waals surface area (Å²) >= 11 is 0. The standard InChI is InChI=1S/C17H21F3N2/c1-3-7-13(11-14(8-4-2)17(18,19)20)16-12-15-9-5-6-10-22(15)21-16/h3,7-8,11-12H,4-6,9-10H2,1-2H3/b7-3-,13-11+,14-8-. The lowest BCUT2D eigenvalue weighted by Gasteiger charge is -2.11. The monoisotopic (exact) mass is 310 g/mol. The van der Waals surface area contributed by atoms with E-state index in [0.29, 0.717) is 17.7 Å². The van der Waals surface area contributed by atoms with E-state index in [9.17, 15) is 13.2 Å². The van der Waals surface area contributed by atoms with Gasteiger partial charge in [0.15, 0.2) is 0 Å². The summed E-state index contributed by atoms with van der Waals surface area (Å²) < 4.78 is 41.2. The summed E-state index contributed by atoms with van der Waals surface area (Å²) in [7, 11) is 0. The molecule has 0 saturated carbocycles. The fourth-order valence-electron chi connectivity index (χ4n) is 2.59. The zero-order chi connectivity index (χ0) is 16.2. The van der Waals surface area contributed by atoms with Gasteiger partial charge >= 0.3 is 6.18 Å². The summed E-state index contributed by atoms with van der Waals surface area (Å²) in [6, 6.07) is 1.91. The Kier molecular flexibility index (Phi) is 5.27. The number of rotatable bonds is 4. The molecule has 0 saturated heterocycles. The van der Waals surface area contributed by atoms with Gasteiger partial charge in [0.25, 0.3) is 0 Å². The van der Waals surface area contributed by atoms with E-state index in [4.69, 9.17) is 0 Å². The third-order valence-corrected chi connectivity index (χ3v) is 3.62. The Morgan fingerprint density at radius 3 is 2.73 bits per heavy atom. The molecule has 0 unspecified atom stereocenters. The number of allylic oxidation sites excluding steroid dienone is 6. The van der Waals surface area contributed by atoms with Crippen molar-refractivity contribution in [3.05, 3.63) is 47.3 Å². The average Bonchev–Trinajstić information content (AvgIpc) is 2.88. The SMILES string of the molecule is C\C=C/C(=C\C(=C\CC)C(F)(F)F)c1cc2n(n1)CCCC2. The molecule has 0 atom stereocenters. The van der Waals surface area contributed by atoms with Gasteiger partial charge in [0.1, 0.15) is 0 Å². The van der Waals surface area contributed by atoms with Crippen LogP contribution < -0.4 is 0 Å². The highest BCUT2D eigenvalue weighted by atomic mass is 19.4. The van der Waals surface area contributed by atoms with E-state index in [1.54, 1.807) is 26.0 Å². The fourth-order valence-corrected chi connectivity index (χ4v) is 2.59. The first-order valence-electron chi connectivity index (χ1n) is 7.64. The first kappa shape index (κ1) is 16.6. The van der Waals surface area contributed by atoms with Crippen LogP contribution in [-0.2, 0) is 13.0 Å². The normalized spacial score (nSPS) is 17.1. The molecule has 22 heavy (non-hydrogen) atoms. The van der Waals surface area contributed by atoms with Crippen LogP contribution in [0.5, 0.6) is 0 Å². The van der Waals surface area contributed by atoms with Crippen molar-refractivity contribution in [2.45, 2.75) is 52.3 Å². The van der Waals surface area contributed by atoms with Crippen LogP contribution in [0.15, 0.2) is 35.9 Å². The summed E-state index contributed by atoms with van der Waals surface area (Å²) in [4.78, 5) is 0. The molecule has 0 amide bonds. The molecule has 5 heteroatoms. The number of alkyl halides is 3. The van der Waals surface area contributed by atoms with E-state index in [2.05, 4.69) is 5.10 Å². The van der Waals surface area contributed by atoms with E-state index >= 15 is 0 Å². The zero-order valence-electron chi connectivity index (χ0n) is 13.0. The second-order valence-corrected chi connectivity index (χ2v) is 5.37. The van der Waals surface area contributed by atoms with E-state index < -0.39 is 11.7 Å². The second-order valence-electron chi connectivity index (χ2n) is 5.37. The average molecular weight is 310 g/mol. The number of nitrogens with zero attached hydrogens (tertiary/aromatic N) is 2. The maximum atomic E-state index is 13.1. The Morgan fingerprint density at radius 2 is 2.14 bits per heavy atom. The van der Waals surface area contributed by atoms with Gasteiger partial charge in [-0.05, 0) is 44.7 Å². The minimum atomic E-state index is -4.35. The van der Waals surface area contributed by atoms with Crippen molar-refractivity contribution in [1.82, 2.24) is 9.78 Å². The summed E-state index contributed by atoms with van der Waals surface area (Å²) in [5, 5.41) is 4.47. The Bertz CT molecular complexity index is 580. The van der Waals surface area contributed by atoms with Gasteiger partial charge in [-0.1, -0.05) is 25.2 Å². The van der Waals surface area contributed by atoms with Crippen molar-refractivity contribution in [2.24, 2.45) is 0 Å². The van der Waals surface area contributed by atoms with Gasteiger partial charge in [0.2, 0.25) is 0 Å². The first-order chi connectivity index (χ1) is 10.5. The van der Waals surface area contributed by atoms with E-state index in [1.165, 1.54) is 12.2 Å². The number of hydrogen-bond donors (Lipinski definition) is 0. The predicted molar refractivity (Wildman–Crippen MR) is 82.4 cm³/mol. The van der Waals surface area contributed by atoms with E-state index in [0.717, 1.165) is 31.5 Å². The molecule has 0 N–H and O–H groups in total. The fraction of sp³-hybridized carbons (Fsp3) is 0.471. The van der Waals surface area contributed by atoms with Crippen LogP contribution in [0.2, 0.25) is 0 Å². The summed E-state index contributed by atoms with van der Waals surface area (Å²) in [6.45, 7) is 4.33. The van der Waals surface area contributed by atoms with Crippen molar-refractivity contribution in [1.29, 1.82) is 0 Å². The molecule has 1 aromatic heterocycles. The Morgan fingerprint density at radius 1 is 1.36 bits per heavy atom. The molecule has 2 nitrogen and oxygen atoms in total. The van der Waals surface area contributed by atoms with Crippen molar-refractivity contribution in [2.75, 3.05) is 0 Å². The zero-order valence-corrected chi connectivity index (χ0v) is 13.0. The lowest BCUT2D eigenvalue weighted by molar-refractivity contribution is -0.0883. The molecule has 1 aliphatic heterocycles. The quantitative estimate of drug-likeness (QED) is 0.709. The molecular formula is C17H21F3N2. The first-order valence-corrected chi connectivity index (χ1v) is 7.64. The van der Waals surface area contributed by atoms with E-state index in [1.807, 2.05) is 10.7 Å². The number of fused-ring (bicyclic) bond motifs is 1. The molecule has 0 spiro atoms. The lowest BCUT2D eigenvalue weighted by atomic mass is 10.0. The molecule has 2 heterocycles. The third kappa shape index (κ3) is 3.90. The topological polar surface area (TPSA) is 17.8 Å². The highest BCUT2D eigenvalue weighted by Crippen LogP contribution is 2.30. The molecule has 1 aromatic rings. The minimum Gasteiger partial charge on any atom is -0.269 e. The largest absolute Gasteiger partial charge is 0.416 e. The maximum absolute atomic E-state index is 13.1. The van der Waals surface area contributed by atoms with Crippen molar-refractivity contribution < 1.29 is 13.2 Å². The summed E-state index contributed by atoms with van der Waals surface area (Å²) in [5.41, 5.74) is 1.60. The van der Waals surface area contributed by atoms with Crippen molar-refractivity contribution in [3.63, 3.8) is 0 Å². The molecular weight excluding hydrogens is 289 g/mol. The van der Waals surface area contributed by atoms with Gasteiger partial charge < -0.3 is 0 Å². The van der Waals surface area contributed by atoms with Crippen LogP contribution in [0.25, 0.3) is 5.57 Å². The molecule has 0 aliphatic carbocycles. The van der Waals surface area contributed by atoms with Gasteiger partial charge in [0.05, 0.1) is 11.3 Å². The molecule has 0 aromatic carbocycles. The Labute approximate surface area is 129 Å². The highest BCUT2D eigenvalue weighted by molar-refractivity contribution is 5.74. The summed E-state index contributed by atoms with van der Waals surface area (Å²) in [6.07, 6.45) is 4.94. The smallest absolute Gasteiger partial charge is 0.269 e. The van der Waals surface area contributed by atoms with Gasteiger partial charge in [-0.3, -0.25) is 4.68 Å². The Hall–Kier alpha value is -1.78. The van der Waals surface area contributed by atoms with Crippen molar-refractivity contribution in [3.8, 4) is 0 Å². The molecule has 120 valence electrons. The van der Waals surface area contributed by atoms with Crippen LogP contribution in [-0.4, -0.2) is 16.0 Å². The van der Waals surface area contributed by atoms with Crippen LogP contribution in [0, 0.1) is 0 Å². The summed E-state index contributed by atoms with van der Waals surface area (Å²) in [5.74, 6) is 0. The molecule has 0 fully saturated rings. The third-order valence-electron chi connectivity index (χ3n) is 3.62. The maximum Gasteiger partial charge on any atom is 0.416 e. The molecule has 0 bridgehead atoms. The van der Waals surface area contributed by atoms with Crippen LogP contribution in [0.4, 0.5) is 13.2 Å². The Balaban J connectivity index is 2.43. The molecule has 2 rings (SSSR count). The van der Waals surface area contributed by atoms with Gasteiger partial charge in [-0.2, -0.15) is 18.3 Å². The number of hydrogen-bond acceptors (Lipinski definition) is 1. The minimum absolute atomic E-state index is 0.341. The molecule has 1 aliphatic rings. The lowest BCUT2D eigenvalue weighted by Crippen LogP contribution is -2.11. The number of aryl methyl sites for hydroxylation is 2. The highest BCUT2D eigenvalue weighted by Gasteiger charge is 2.32. The van der Waals surface area contributed by atoms with E-state index in [-0.39, 0.29) is 0 Å². The predicted octanol–water partition coefficient (Wildman–Crippen LogP) is 5.08. The van der Waals surface area contributed by atoms with Gasteiger partial charge in [-0.25, -0.2) is 0 Å². The van der Waals surface area contributed by atoms with Crippen LogP contribution in [0.1, 0.15) is 44.5 Å². The van der Waals surface area contributed by atoms with Gasteiger partial charge in [0, 0.05) is 17.8 Å². The van der Waals surface area contributed by atoms with Crippen LogP contribution >= 0.6 is 0 Å². The van der Waals surface area contributed by atoms with Crippen molar-refractivity contribution >= 4 is 5.57 Å². The molecule has 0 radical (unpaired) electrons.